The van der Waals surface area contributed by atoms with Crippen LogP contribution in [0.25, 0.3) is 5.65 Å². The third-order valence-corrected chi connectivity index (χ3v) is 3.66. The minimum absolute atomic E-state index is 0.721. The van der Waals surface area contributed by atoms with Crippen molar-refractivity contribution in [2.24, 2.45) is 0 Å². The van der Waals surface area contributed by atoms with Gasteiger partial charge in [-0.05, 0) is 31.4 Å². The fourth-order valence-corrected chi connectivity index (χ4v) is 2.47. The van der Waals surface area contributed by atoms with Gasteiger partial charge in [0, 0.05) is 32.4 Å². The van der Waals surface area contributed by atoms with Crippen LogP contribution >= 0.6 is 0 Å². The van der Waals surface area contributed by atoms with Gasteiger partial charge in [-0.1, -0.05) is 13.0 Å². The van der Waals surface area contributed by atoms with E-state index in [0.29, 0.717) is 0 Å². The largest absolute Gasteiger partial charge is 0.358 e. The SMILES string of the molecule is CCCN(C)c1nc2ccccn2c1CNC1CC1. The maximum Gasteiger partial charge on any atom is 0.152 e. The average Bonchev–Trinajstić information content (AvgIpc) is 3.17. The lowest BCUT2D eigenvalue weighted by Gasteiger charge is -2.17. The molecular weight excluding hydrogens is 236 g/mol. The zero-order valence-electron chi connectivity index (χ0n) is 11.8. The van der Waals surface area contributed by atoms with E-state index in [4.69, 9.17) is 4.98 Å². The normalized spacial score (nSPS) is 15.1. The van der Waals surface area contributed by atoms with Gasteiger partial charge in [0.1, 0.15) is 5.65 Å². The first-order valence-electron chi connectivity index (χ1n) is 7.20. The van der Waals surface area contributed by atoms with Gasteiger partial charge in [0.05, 0.1) is 5.69 Å². The van der Waals surface area contributed by atoms with Crippen molar-refractivity contribution in [3.05, 3.63) is 30.1 Å². The lowest BCUT2D eigenvalue weighted by atomic mass is 10.3. The number of hydrogen-bond acceptors (Lipinski definition) is 3. The minimum Gasteiger partial charge on any atom is -0.358 e. The molecule has 3 rings (SSSR count). The molecule has 2 aromatic heterocycles. The van der Waals surface area contributed by atoms with Crippen molar-refractivity contribution in [3.8, 4) is 0 Å². The molecule has 4 heteroatoms. The van der Waals surface area contributed by atoms with Crippen molar-refractivity contribution in [2.75, 3.05) is 18.5 Å². The van der Waals surface area contributed by atoms with E-state index in [-0.39, 0.29) is 0 Å². The Morgan fingerprint density at radius 1 is 1.42 bits per heavy atom. The van der Waals surface area contributed by atoms with Crippen LogP contribution in [-0.4, -0.2) is 29.0 Å². The Morgan fingerprint density at radius 3 is 3.00 bits per heavy atom. The maximum absolute atomic E-state index is 4.78. The standard InChI is InChI=1S/C15H22N4/c1-3-9-18(2)15-13(11-16-12-7-8-12)19-10-5-4-6-14(19)17-15/h4-6,10,12,16H,3,7-9,11H2,1-2H3. The van der Waals surface area contributed by atoms with Crippen LogP contribution in [0.1, 0.15) is 31.9 Å². The van der Waals surface area contributed by atoms with Crippen molar-refractivity contribution < 1.29 is 0 Å². The van der Waals surface area contributed by atoms with E-state index < -0.39 is 0 Å². The smallest absolute Gasteiger partial charge is 0.152 e. The number of nitrogens with one attached hydrogen (secondary N) is 1. The summed E-state index contributed by atoms with van der Waals surface area (Å²) in [4.78, 5) is 7.04. The van der Waals surface area contributed by atoms with E-state index >= 15 is 0 Å². The fraction of sp³-hybridized carbons (Fsp3) is 0.533. The highest BCUT2D eigenvalue weighted by molar-refractivity contribution is 5.55. The first-order valence-corrected chi connectivity index (χ1v) is 7.20. The lowest BCUT2D eigenvalue weighted by molar-refractivity contribution is 0.667. The van der Waals surface area contributed by atoms with Crippen LogP contribution in [0.4, 0.5) is 5.82 Å². The Hall–Kier alpha value is -1.55. The Bertz CT molecular complexity index is 556. The summed E-state index contributed by atoms with van der Waals surface area (Å²) in [5, 5.41) is 3.60. The number of hydrogen-bond donors (Lipinski definition) is 1. The molecule has 0 radical (unpaired) electrons. The Balaban J connectivity index is 1.94. The van der Waals surface area contributed by atoms with Crippen LogP contribution in [0.2, 0.25) is 0 Å². The van der Waals surface area contributed by atoms with Crippen LogP contribution in [0.3, 0.4) is 0 Å². The predicted molar refractivity (Wildman–Crippen MR) is 78.6 cm³/mol. The van der Waals surface area contributed by atoms with Crippen LogP contribution in [-0.2, 0) is 6.54 Å². The number of pyridine rings is 1. The second-order valence-corrected chi connectivity index (χ2v) is 5.39. The van der Waals surface area contributed by atoms with Gasteiger partial charge in [-0.25, -0.2) is 4.98 Å². The molecule has 1 N–H and O–H groups in total. The number of imidazole rings is 1. The third kappa shape index (κ3) is 2.59. The van der Waals surface area contributed by atoms with Gasteiger partial charge in [-0.15, -0.1) is 0 Å². The number of nitrogens with zero attached hydrogens (tertiary/aromatic N) is 3. The van der Waals surface area contributed by atoms with Crippen molar-refractivity contribution in [3.63, 3.8) is 0 Å². The Morgan fingerprint density at radius 2 is 2.26 bits per heavy atom. The van der Waals surface area contributed by atoms with E-state index in [1.54, 1.807) is 0 Å². The van der Waals surface area contributed by atoms with Gasteiger partial charge in [0.2, 0.25) is 0 Å². The molecule has 2 heterocycles. The highest BCUT2D eigenvalue weighted by Gasteiger charge is 2.22. The summed E-state index contributed by atoms with van der Waals surface area (Å²) in [5.74, 6) is 1.11. The zero-order chi connectivity index (χ0) is 13.2. The summed E-state index contributed by atoms with van der Waals surface area (Å²) in [6.07, 6.45) is 5.88. The van der Waals surface area contributed by atoms with Gasteiger partial charge in [-0.2, -0.15) is 0 Å². The molecule has 2 aromatic rings. The van der Waals surface area contributed by atoms with E-state index in [1.165, 1.54) is 18.5 Å². The van der Waals surface area contributed by atoms with Gasteiger partial charge < -0.3 is 14.6 Å². The second kappa shape index (κ2) is 5.21. The lowest BCUT2D eigenvalue weighted by Crippen LogP contribution is -2.23. The quantitative estimate of drug-likeness (QED) is 0.863. The summed E-state index contributed by atoms with van der Waals surface area (Å²) >= 11 is 0. The minimum atomic E-state index is 0.721. The Kier molecular flexibility index (Phi) is 3.42. The molecule has 19 heavy (non-hydrogen) atoms. The number of anilines is 1. The average molecular weight is 258 g/mol. The first kappa shape index (κ1) is 12.5. The number of rotatable bonds is 6. The molecule has 0 saturated heterocycles. The fourth-order valence-electron chi connectivity index (χ4n) is 2.47. The van der Waals surface area contributed by atoms with Crippen LogP contribution in [0, 0.1) is 0 Å². The molecule has 0 atom stereocenters. The number of aromatic nitrogens is 2. The highest BCUT2D eigenvalue weighted by Crippen LogP contribution is 2.24. The third-order valence-electron chi connectivity index (χ3n) is 3.66. The van der Waals surface area contributed by atoms with Crippen LogP contribution in [0.15, 0.2) is 24.4 Å². The van der Waals surface area contributed by atoms with E-state index in [0.717, 1.165) is 37.0 Å². The summed E-state index contributed by atoms with van der Waals surface area (Å²) < 4.78 is 2.21. The zero-order valence-corrected chi connectivity index (χ0v) is 11.8. The molecule has 0 aliphatic heterocycles. The predicted octanol–water partition coefficient (Wildman–Crippen LogP) is 2.43. The van der Waals surface area contributed by atoms with Crippen LogP contribution in [0.5, 0.6) is 0 Å². The molecule has 0 bridgehead atoms. The highest BCUT2D eigenvalue weighted by atomic mass is 15.2. The maximum atomic E-state index is 4.78. The molecule has 4 nitrogen and oxygen atoms in total. The van der Waals surface area contributed by atoms with Gasteiger partial charge in [0.25, 0.3) is 0 Å². The summed E-state index contributed by atoms with van der Waals surface area (Å²) in [6, 6.07) is 6.91. The summed E-state index contributed by atoms with van der Waals surface area (Å²) in [7, 11) is 2.13. The van der Waals surface area contributed by atoms with Crippen LogP contribution < -0.4 is 10.2 Å². The molecule has 0 aromatic carbocycles. The Labute approximate surface area is 114 Å². The first-order chi connectivity index (χ1) is 9.29. The molecule has 102 valence electrons. The molecule has 1 aliphatic carbocycles. The molecule has 1 aliphatic rings. The summed E-state index contributed by atoms with van der Waals surface area (Å²) in [6.45, 7) is 4.15. The van der Waals surface area contributed by atoms with E-state index in [9.17, 15) is 0 Å². The molecule has 1 fully saturated rings. The van der Waals surface area contributed by atoms with Gasteiger partial charge in [-0.3, -0.25) is 0 Å². The number of fused-ring (bicyclic) bond motifs is 1. The monoisotopic (exact) mass is 258 g/mol. The van der Waals surface area contributed by atoms with Crippen molar-refractivity contribution in [1.82, 2.24) is 14.7 Å². The second-order valence-electron chi connectivity index (χ2n) is 5.39. The molecule has 0 spiro atoms. The topological polar surface area (TPSA) is 32.6 Å². The van der Waals surface area contributed by atoms with Gasteiger partial charge >= 0.3 is 0 Å². The molecule has 0 amide bonds. The summed E-state index contributed by atoms with van der Waals surface area (Å²) in [5.41, 5.74) is 2.31. The van der Waals surface area contributed by atoms with Crippen molar-refractivity contribution in [2.45, 2.75) is 38.8 Å². The van der Waals surface area contributed by atoms with E-state index in [2.05, 4.69) is 46.9 Å². The molecule has 1 saturated carbocycles. The van der Waals surface area contributed by atoms with E-state index in [1.807, 2.05) is 6.07 Å². The molecule has 0 unspecified atom stereocenters. The van der Waals surface area contributed by atoms with Crippen molar-refractivity contribution >= 4 is 11.5 Å². The van der Waals surface area contributed by atoms with Crippen molar-refractivity contribution in [1.29, 1.82) is 0 Å². The molecular formula is C15H22N4. The van der Waals surface area contributed by atoms with Gasteiger partial charge in [0.15, 0.2) is 5.82 Å².